The average molecular weight is 541 g/mol. The molecule has 2 aliphatic carbocycles. The number of carboxylic acids is 1. The number of ketones is 2. The zero-order valence-corrected chi connectivity index (χ0v) is 22.6. The summed E-state index contributed by atoms with van der Waals surface area (Å²) < 4.78 is 5.88. The summed E-state index contributed by atoms with van der Waals surface area (Å²) in [6, 6.07) is 22.4. The fraction of sp³-hybridized carbons (Fsp3) is 0.364. The van der Waals surface area contributed by atoms with E-state index in [0.29, 0.717) is 35.1 Å². The molecule has 40 heavy (non-hydrogen) atoms. The molecule has 2 unspecified atom stereocenters. The lowest BCUT2D eigenvalue weighted by Gasteiger charge is -2.18. The minimum absolute atomic E-state index is 0.0194. The molecule has 0 bridgehead atoms. The number of Topliss-reactive ketones (excluding diaryl/α,β-unsaturated/α-hetero) is 1. The van der Waals surface area contributed by atoms with Crippen LogP contribution in [-0.4, -0.2) is 47.9 Å². The Labute approximate surface area is 235 Å². The predicted molar refractivity (Wildman–Crippen MR) is 154 cm³/mol. The number of para-hydroxylation sites is 1. The van der Waals surface area contributed by atoms with Gasteiger partial charge in [0.15, 0.2) is 11.6 Å². The topological polar surface area (TPSA) is 105 Å². The number of rotatable bonds is 16. The van der Waals surface area contributed by atoms with E-state index in [2.05, 4.69) is 10.6 Å². The first kappa shape index (κ1) is 27.6. The Kier molecular flexibility index (Phi) is 8.91. The molecule has 0 spiro atoms. The normalized spacial score (nSPS) is 16.1. The van der Waals surface area contributed by atoms with E-state index in [-0.39, 0.29) is 24.2 Å². The third kappa shape index (κ3) is 7.36. The van der Waals surface area contributed by atoms with Gasteiger partial charge < -0.3 is 20.5 Å². The lowest BCUT2D eigenvalue weighted by atomic mass is 10.00. The number of hydrogen-bond donors (Lipinski definition) is 3. The number of ether oxygens (including phenoxy) is 1. The Balaban J connectivity index is 1.12. The summed E-state index contributed by atoms with van der Waals surface area (Å²) in [7, 11) is 0. The van der Waals surface area contributed by atoms with Crippen LogP contribution in [-0.2, 0) is 16.0 Å². The Morgan fingerprint density at radius 2 is 1.57 bits per heavy atom. The molecular formula is C33H36N2O5. The first-order valence-corrected chi connectivity index (χ1v) is 14.2. The van der Waals surface area contributed by atoms with Crippen LogP contribution in [0.2, 0.25) is 0 Å². The van der Waals surface area contributed by atoms with E-state index in [1.54, 1.807) is 48.5 Å². The van der Waals surface area contributed by atoms with Gasteiger partial charge >= 0.3 is 5.97 Å². The molecule has 3 aromatic rings. The molecule has 2 aliphatic rings. The maximum Gasteiger partial charge on any atom is 0.326 e. The van der Waals surface area contributed by atoms with Crippen LogP contribution in [0.1, 0.15) is 53.6 Å². The second-order valence-electron chi connectivity index (χ2n) is 10.8. The number of carbonyl (C=O) groups excluding carboxylic acids is 2. The second-order valence-corrected chi connectivity index (χ2v) is 10.8. The molecule has 5 rings (SSSR count). The van der Waals surface area contributed by atoms with Crippen LogP contribution in [0.3, 0.4) is 0 Å². The van der Waals surface area contributed by atoms with Gasteiger partial charge in [-0.2, -0.15) is 0 Å². The number of benzene rings is 3. The lowest BCUT2D eigenvalue weighted by Crippen LogP contribution is -2.40. The van der Waals surface area contributed by atoms with Gasteiger partial charge in [-0.1, -0.05) is 54.6 Å². The van der Waals surface area contributed by atoms with Gasteiger partial charge in [-0.15, -0.1) is 0 Å². The molecule has 0 aromatic heterocycles. The Hall–Kier alpha value is -3.97. The molecule has 2 saturated carbocycles. The minimum atomic E-state index is -1.00. The van der Waals surface area contributed by atoms with Gasteiger partial charge in [0.05, 0.1) is 12.6 Å². The van der Waals surface area contributed by atoms with Crippen molar-refractivity contribution in [2.45, 2.75) is 50.6 Å². The van der Waals surface area contributed by atoms with Gasteiger partial charge in [0.2, 0.25) is 0 Å². The maximum atomic E-state index is 13.0. The molecule has 208 valence electrons. The van der Waals surface area contributed by atoms with Crippen LogP contribution in [0.4, 0.5) is 5.69 Å². The molecule has 3 aromatic carbocycles. The van der Waals surface area contributed by atoms with Gasteiger partial charge in [-0.3, -0.25) is 9.59 Å². The third-order valence-electron chi connectivity index (χ3n) is 7.53. The summed E-state index contributed by atoms with van der Waals surface area (Å²) in [4.78, 5) is 37.6. The number of anilines is 1. The monoisotopic (exact) mass is 540 g/mol. The van der Waals surface area contributed by atoms with Crippen LogP contribution in [0, 0.1) is 11.8 Å². The minimum Gasteiger partial charge on any atom is -0.494 e. The van der Waals surface area contributed by atoms with Crippen molar-refractivity contribution in [3.63, 3.8) is 0 Å². The van der Waals surface area contributed by atoms with Gasteiger partial charge in [-0.05, 0) is 74.4 Å². The van der Waals surface area contributed by atoms with Gasteiger partial charge in [-0.25, -0.2) is 4.79 Å². The van der Waals surface area contributed by atoms with E-state index in [1.165, 1.54) is 0 Å². The van der Waals surface area contributed by atoms with E-state index in [4.69, 9.17) is 4.74 Å². The maximum absolute atomic E-state index is 13.0. The summed E-state index contributed by atoms with van der Waals surface area (Å²) in [5.41, 5.74) is 2.30. The van der Waals surface area contributed by atoms with E-state index >= 15 is 0 Å². The van der Waals surface area contributed by atoms with Crippen molar-refractivity contribution < 1.29 is 24.2 Å². The highest BCUT2D eigenvalue weighted by atomic mass is 16.5. The highest BCUT2D eigenvalue weighted by molar-refractivity contribution is 6.12. The fourth-order valence-electron chi connectivity index (χ4n) is 4.97. The van der Waals surface area contributed by atoms with Gasteiger partial charge in [0, 0.05) is 29.2 Å². The number of aliphatic carboxylic acids is 1. The smallest absolute Gasteiger partial charge is 0.326 e. The number of carboxylic acid groups (broad SMARTS) is 1. The van der Waals surface area contributed by atoms with Crippen molar-refractivity contribution in [1.29, 1.82) is 0 Å². The van der Waals surface area contributed by atoms with Crippen molar-refractivity contribution >= 4 is 23.2 Å². The first-order chi connectivity index (χ1) is 19.5. The molecule has 2 fully saturated rings. The summed E-state index contributed by atoms with van der Waals surface area (Å²) in [5.74, 6) is 0.759. The number of nitrogens with one attached hydrogen (secondary N) is 2. The SMILES string of the molecule is O=C(c1ccccc1)c1ccccc1NC(Cc1ccc(OCCCNC(C(=O)C2CC2)C2CC2)cc1)C(=O)O. The molecule has 2 atom stereocenters. The molecule has 0 heterocycles. The van der Waals surface area contributed by atoms with Crippen molar-refractivity contribution in [2.24, 2.45) is 11.8 Å². The second kappa shape index (κ2) is 12.9. The Morgan fingerprint density at radius 3 is 2.25 bits per heavy atom. The number of carbonyl (C=O) groups is 3. The van der Waals surface area contributed by atoms with E-state index in [0.717, 1.165) is 50.0 Å². The predicted octanol–water partition coefficient (Wildman–Crippen LogP) is 5.14. The summed E-state index contributed by atoms with van der Waals surface area (Å²) in [6.45, 7) is 1.28. The molecule has 0 amide bonds. The standard InChI is InChI=1S/C33H36N2O5/c36-31(24-7-2-1-3-8-24)27-9-4-5-10-28(27)35-29(33(38)39)21-22-11-17-26(18-12-22)40-20-6-19-34-30(23-13-14-23)32(37)25-15-16-25/h1-5,7-12,17-18,23,25,29-30,34-35H,6,13-16,19-21H2,(H,38,39). The molecule has 0 saturated heterocycles. The molecule has 3 N–H and O–H groups in total. The van der Waals surface area contributed by atoms with E-state index < -0.39 is 12.0 Å². The molecular weight excluding hydrogens is 504 g/mol. The van der Waals surface area contributed by atoms with E-state index in [1.807, 2.05) is 30.3 Å². The molecule has 0 radical (unpaired) electrons. The van der Waals surface area contributed by atoms with Crippen molar-refractivity contribution in [2.75, 3.05) is 18.5 Å². The van der Waals surface area contributed by atoms with Crippen LogP contribution < -0.4 is 15.4 Å². The number of hydrogen-bond acceptors (Lipinski definition) is 6. The molecule has 7 heteroatoms. The van der Waals surface area contributed by atoms with Crippen molar-refractivity contribution in [3.8, 4) is 5.75 Å². The lowest BCUT2D eigenvalue weighted by molar-refractivity contribution is -0.137. The fourth-order valence-corrected chi connectivity index (χ4v) is 4.97. The quantitative estimate of drug-likeness (QED) is 0.171. The molecule has 7 nitrogen and oxygen atoms in total. The Morgan fingerprint density at radius 1 is 0.875 bits per heavy atom. The zero-order chi connectivity index (χ0) is 27.9. The highest BCUT2D eigenvalue weighted by Crippen LogP contribution is 2.39. The average Bonchev–Trinajstić information content (AvgIpc) is 3.89. The summed E-state index contributed by atoms with van der Waals surface area (Å²) in [6.07, 6.45) is 5.44. The van der Waals surface area contributed by atoms with E-state index in [9.17, 15) is 19.5 Å². The zero-order valence-electron chi connectivity index (χ0n) is 22.6. The van der Waals surface area contributed by atoms with Crippen molar-refractivity contribution in [3.05, 3.63) is 95.6 Å². The van der Waals surface area contributed by atoms with Gasteiger partial charge in [0.25, 0.3) is 0 Å². The van der Waals surface area contributed by atoms with Crippen LogP contribution in [0.5, 0.6) is 5.75 Å². The Bertz CT molecular complexity index is 1320. The van der Waals surface area contributed by atoms with Crippen molar-refractivity contribution in [1.82, 2.24) is 5.32 Å². The summed E-state index contributed by atoms with van der Waals surface area (Å²) in [5, 5.41) is 16.4. The largest absolute Gasteiger partial charge is 0.494 e. The first-order valence-electron chi connectivity index (χ1n) is 14.2. The van der Waals surface area contributed by atoms with Gasteiger partial charge in [0.1, 0.15) is 11.8 Å². The molecule has 0 aliphatic heterocycles. The summed E-state index contributed by atoms with van der Waals surface area (Å²) >= 11 is 0. The highest BCUT2D eigenvalue weighted by Gasteiger charge is 2.41. The van der Waals surface area contributed by atoms with Crippen LogP contribution in [0.15, 0.2) is 78.9 Å². The van der Waals surface area contributed by atoms with Crippen LogP contribution in [0.25, 0.3) is 0 Å². The third-order valence-corrected chi connectivity index (χ3v) is 7.53. The van der Waals surface area contributed by atoms with Crippen LogP contribution >= 0.6 is 0 Å².